The van der Waals surface area contributed by atoms with E-state index in [9.17, 15) is 17.6 Å². The highest BCUT2D eigenvalue weighted by Crippen LogP contribution is 2.47. The summed E-state index contributed by atoms with van der Waals surface area (Å²) in [6.07, 6.45) is 1.78. The standard InChI is InChI=1S/C26H20FN3O4S/c1-29-26(31)24-21-12-20(16-5-6-16)22(30-35(32,33)19-4-2-3-15(11-19)14-28)13-23(21)34-25(24)17-7-9-18(27)10-8-17/h2-4,7-13,16,30H,5-6H2,1H3,(H,29,31). The van der Waals surface area contributed by atoms with Gasteiger partial charge in [-0.25, -0.2) is 12.8 Å². The average Bonchev–Trinajstić information content (AvgIpc) is 3.64. The highest BCUT2D eigenvalue weighted by molar-refractivity contribution is 7.92. The third-order valence-corrected chi connectivity index (χ3v) is 7.32. The number of hydrogen-bond acceptors (Lipinski definition) is 5. The first kappa shape index (κ1) is 22.6. The van der Waals surface area contributed by atoms with Crippen molar-refractivity contribution in [2.24, 2.45) is 0 Å². The molecule has 2 N–H and O–H groups in total. The number of benzene rings is 3. The topological polar surface area (TPSA) is 112 Å². The normalized spacial score (nSPS) is 13.4. The Morgan fingerprint density at radius 2 is 1.86 bits per heavy atom. The quantitative estimate of drug-likeness (QED) is 0.389. The second-order valence-corrected chi connectivity index (χ2v) is 10.0. The van der Waals surface area contributed by atoms with Gasteiger partial charge in [-0.15, -0.1) is 0 Å². The van der Waals surface area contributed by atoms with Gasteiger partial charge in [0.1, 0.15) is 17.2 Å². The first-order chi connectivity index (χ1) is 16.8. The molecule has 3 aromatic carbocycles. The van der Waals surface area contributed by atoms with Crippen molar-refractivity contribution >= 4 is 32.6 Å². The van der Waals surface area contributed by atoms with E-state index in [1.165, 1.54) is 55.6 Å². The van der Waals surface area contributed by atoms with Crippen molar-refractivity contribution in [2.75, 3.05) is 11.8 Å². The lowest BCUT2D eigenvalue weighted by molar-refractivity contribution is 0.0964. The fourth-order valence-electron chi connectivity index (χ4n) is 4.07. The summed E-state index contributed by atoms with van der Waals surface area (Å²) in [7, 11) is -2.48. The van der Waals surface area contributed by atoms with E-state index in [0.29, 0.717) is 27.8 Å². The largest absolute Gasteiger partial charge is 0.455 e. The third-order valence-electron chi connectivity index (χ3n) is 5.96. The van der Waals surface area contributed by atoms with E-state index in [4.69, 9.17) is 9.68 Å². The van der Waals surface area contributed by atoms with E-state index < -0.39 is 15.8 Å². The van der Waals surface area contributed by atoms with Crippen molar-refractivity contribution in [1.29, 1.82) is 5.26 Å². The monoisotopic (exact) mass is 489 g/mol. The molecule has 1 aliphatic rings. The highest BCUT2D eigenvalue weighted by atomic mass is 32.2. The molecule has 0 aliphatic heterocycles. The van der Waals surface area contributed by atoms with Crippen LogP contribution in [0.1, 0.15) is 40.2 Å². The summed E-state index contributed by atoms with van der Waals surface area (Å²) < 4.78 is 48.4. The lowest BCUT2D eigenvalue weighted by Gasteiger charge is -2.13. The number of carbonyl (C=O) groups excluding carboxylic acids is 1. The Hall–Kier alpha value is -4.16. The molecule has 0 radical (unpaired) electrons. The molecule has 7 nitrogen and oxygen atoms in total. The predicted molar refractivity (Wildman–Crippen MR) is 129 cm³/mol. The van der Waals surface area contributed by atoms with Crippen LogP contribution in [0.15, 0.2) is 70.0 Å². The molecule has 35 heavy (non-hydrogen) atoms. The second-order valence-electron chi connectivity index (χ2n) is 8.35. The molecule has 1 aromatic heterocycles. The number of anilines is 1. The molecule has 1 saturated carbocycles. The molecule has 0 bridgehead atoms. The zero-order valence-electron chi connectivity index (χ0n) is 18.6. The number of amides is 1. The van der Waals surface area contributed by atoms with Gasteiger partial charge in [0, 0.05) is 24.1 Å². The Labute approximate surface area is 201 Å². The summed E-state index contributed by atoms with van der Waals surface area (Å²) in [5.41, 5.74) is 2.47. The minimum Gasteiger partial charge on any atom is -0.455 e. The van der Waals surface area contributed by atoms with Crippen LogP contribution in [0.5, 0.6) is 0 Å². The molecule has 4 aromatic rings. The number of carbonyl (C=O) groups is 1. The molecule has 0 spiro atoms. The van der Waals surface area contributed by atoms with E-state index >= 15 is 0 Å². The van der Waals surface area contributed by atoms with Crippen molar-refractivity contribution in [3.8, 4) is 17.4 Å². The molecular formula is C26H20FN3O4S. The molecule has 1 aliphatic carbocycles. The van der Waals surface area contributed by atoms with Crippen LogP contribution < -0.4 is 10.0 Å². The maximum Gasteiger partial charge on any atom is 0.261 e. The van der Waals surface area contributed by atoms with E-state index in [1.807, 2.05) is 6.07 Å². The van der Waals surface area contributed by atoms with Gasteiger partial charge in [0.05, 0.1) is 27.8 Å². The third kappa shape index (κ3) is 4.24. The number of furan rings is 1. The fourth-order valence-corrected chi connectivity index (χ4v) is 5.20. The maximum absolute atomic E-state index is 13.5. The van der Waals surface area contributed by atoms with E-state index in [2.05, 4.69) is 10.0 Å². The SMILES string of the molecule is CNC(=O)c1c(-c2ccc(F)cc2)oc2cc(NS(=O)(=O)c3cccc(C#N)c3)c(C3CC3)cc12. The smallest absolute Gasteiger partial charge is 0.261 e. The number of nitrogens with one attached hydrogen (secondary N) is 2. The number of halogens is 1. The van der Waals surface area contributed by atoms with Gasteiger partial charge in [0.25, 0.3) is 15.9 Å². The number of sulfonamides is 1. The minimum absolute atomic E-state index is 0.0316. The Bertz CT molecular complexity index is 1620. The summed E-state index contributed by atoms with van der Waals surface area (Å²) in [5, 5.41) is 12.3. The van der Waals surface area contributed by atoms with Gasteiger partial charge in [-0.1, -0.05) is 6.07 Å². The molecule has 1 fully saturated rings. The van der Waals surface area contributed by atoms with Crippen LogP contribution in [0.2, 0.25) is 0 Å². The van der Waals surface area contributed by atoms with Gasteiger partial charge < -0.3 is 9.73 Å². The zero-order valence-corrected chi connectivity index (χ0v) is 19.4. The highest BCUT2D eigenvalue weighted by Gasteiger charge is 2.31. The molecule has 0 unspecified atom stereocenters. The number of nitrogens with zero attached hydrogens (tertiary/aromatic N) is 1. The minimum atomic E-state index is -3.99. The zero-order chi connectivity index (χ0) is 24.7. The lowest BCUT2D eigenvalue weighted by atomic mass is 10.0. The molecular weight excluding hydrogens is 469 g/mol. The van der Waals surface area contributed by atoms with Gasteiger partial charge in [0.15, 0.2) is 0 Å². The molecule has 0 atom stereocenters. The first-order valence-electron chi connectivity index (χ1n) is 10.9. The molecule has 1 amide bonds. The van der Waals surface area contributed by atoms with E-state index in [0.717, 1.165) is 18.4 Å². The second kappa shape index (κ2) is 8.56. The van der Waals surface area contributed by atoms with Crippen molar-refractivity contribution in [2.45, 2.75) is 23.7 Å². The summed E-state index contributed by atoms with van der Waals surface area (Å²) in [6.45, 7) is 0. The number of nitriles is 1. The van der Waals surface area contributed by atoms with Gasteiger partial charge in [-0.2, -0.15) is 5.26 Å². The first-order valence-corrected chi connectivity index (χ1v) is 12.4. The summed E-state index contributed by atoms with van der Waals surface area (Å²) in [4.78, 5) is 12.8. The Morgan fingerprint density at radius 1 is 1.11 bits per heavy atom. The van der Waals surface area contributed by atoms with Crippen LogP contribution in [-0.4, -0.2) is 21.4 Å². The summed E-state index contributed by atoms with van der Waals surface area (Å²) >= 11 is 0. The molecule has 1 heterocycles. The predicted octanol–water partition coefficient (Wildman–Crippen LogP) is 5.15. The van der Waals surface area contributed by atoms with Crippen molar-refractivity contribution < 1.29 is 22.0 Å². The average molecular weight is 490 g/mol. The number of fused-ring (bicyclic) bond motifs is 1. The Kier molecular flexibility index (Phi) is 5.53. The Balaban J connectivity index is 1.67. The van der Waals surface area contributed by atoms with E-state index in [1.54, 1.807) is 12.1 Å². The number of hydrogen-bond donors (Lipinski definition) is 2. The van der Waals surface area contributed by atoms with Crippen molar-refractivity contribution in [3.05, 3.63) is 83.2 Å². The van der Waals surface area contributed by atoms with Crippen LogP contribution in [0.3, 0.4) is 0 Å². The van der Waals surface area contributed by atoms with Crippen LogP contribution in [0.25, 0.3) is 22.3 Å². The van der Waals surface area contributed by atoms with Crippen LogP contribution >= 0.6 is 0 Å². The summed E-state index contributed by atoms with van der Waals surface area (Å²) in [6, 6.07) is 16.7. The summed E-state index contributed by atoms with van der Waals surface area (Å²) in [5.74, 6) is -0.377. The Morgan fingerprint density at radius 3 is 2.51 bits per heavy atom. The van der Waals surface area contributed by atoms with Gasteiger partial charge in [-0.05, 0) is 72.9 Å². The van der Waals surface area contributed by atoms with Crippen LogP contribution in [-0.2, 0) is 10.0 Å². The molecule has 9 heteroatoms. The molecule has 0 saturated heterocycles. The van der Waals surface area contributed by atoms with Crippen LogP contribution in [0, 0.1) is 17.1 Å². The van der Waals surface area contributed by atoms with Gasteiger partial charge in [-0.3, -0.25) is 9.52 Å². The maximum atomic E-state index is 13.5. The van der Waals surface area contributed by atoms with Crippen molar-refractivity contribution in [1.82, 2.24) is 5.32 Å². The molecule has 176 valence electrons. The fraction of sp³-hybridized carbons (Fsp3) is 0.154. The van der Waals surface area contributed by atoms with Crippen molar-refractivity contribution in [3.63, 3.8) is 0 Å². The van der Waals surface area contributed by atoms with Gasteiger partial charge >= 0.3 is 0 Å². The van der Waals surface area contributed by atoms with Gasteiger partial charge in [0.2, 0.25) is 0 Å². The lowest BCUT2D eigenvalue weighted by Crippen LogP contribution is -2.18. The molecule has 5 rings (SSSR count). The van der Waals surface area contributed by atoms with Crippen LogP contribution in [0.4, 0.5) is 10.1 Å². The van der Waals surface area contributed by atoms with E-state index in [-0.39, 0.29) is 28.0 Å². The number of rotatable bonds is 6.